The van der Waals surface area contributed by atoms with Crippen molar-refractivity contribution in [3.8, 4) is 0 Å². The van der Waals surface area contributed by atoms with Crippen LogP contribution in [0.15, 0.2) is 0 Å². The molecule has 0 aromatic carbocycles. The largest absolute Gasteiger partial charge is 0.454 e. The highest BCUT2D eigenvalue weighted by molar-refractivity contribution is 5.88. The van der Waals surface area contributed by atoms with Gasteiger partial charge in [-0.25, -0.2) is 0 Å². The highest BCUT2D eigenvalue weighted by Gasteiger charge is 2.52. The maximum Gasteiger partial charge on any atom is 0.303 e. The molecule has 0 aromatic heterocycles. The summed E-state index contributed by atoms with van der Waals surface area (Å²) >= 11 is 0. The molecule has 0 radical (unpaired) electrons. The normalized spacial score (nSPS) is 38.8. The molecule has 12 heavy (non-hydrogen) atoms. The number of hydrogen-bond donors (Lipinski definition) is 0. The molecule has 0 bridgehead atoms. The topological polar surface area (TPSA) is 52.6 Å². The molecule has 4 heteroatoms. The van der Waals surface area contributed by atoms with Gasteiger partial charge in [0.05, 0.1) is 6.10 Å². The predicted molar refractivity (Wildman–Crippen MR) is 38.4 cm³/mol. The minimum atomic E-state index is -0.527. The lowest BCUT2D eigenvalue weighted by Gasteiger charge is -2.19. The highest BCUT2D eigenvalue weighted by atomic mass is 16.6. The second kappa shape index (κ2) is 2.55. The summed E-state index contributed by atoms with van der Waals surface area (Å²) in [7, 11) is 0. The fraction of sp³-hybridized carbons (Fsp3) is 0.750. The number of rotatable bonds is 1. The Morgan fingerprint density at radius 3 is 3.08 bits per heavy atom. The van der Waals surface area contributed by atoms with Crippen LogP contribution >= 0.6 is 0 Å². The second-order valence-corrected chi connectivity index (χ2v) is 3.25. The van der Waals surface area contributed by atoms with Crippen LogP contribution in [0.3, 0.4) is 0 Å². The van der Waals surface area contributed by atoms with Crippen molar-refractivity contribution < 1.29 is 19.1 Å². The average Bonchev–Trinajstić information content (AvgIpc) is 2.73. The van der Waals surface area contributed by atoms with Crippen molar-refractivity contribution in [1.82, 2.24) is 0 Å². The van der Waals surface area contributed by atoms with Gasteiger partial charge >= 0.3 is 5.97 Å². The first-order valence-electron chi connectivity index (χ1n) is 4.00. The Balaban J connectivity index is 2.01. The first-order chi connectivity index (χ1) is 5.68. The number of carbonyl (C=O) groups is 2. The van der Waals surface area contributed by atoms with Crippen molar-refractivity contribution in [2.45, 2.75) is 25.6 Å². The molecule has 0 amide bonds. The molecule has 1 aliphatic heterocycles. The minimum absolute atomic E-state index is 0.0963. The van der Waals surface area contributed by atoms with E-state index in [0.717, 1.165) is 6.42 Å². The van der Waals surface area contributed by atoms with Crippen LogP contribution in [0.2, 0.25) is 0 Å². The van der Waals surface area contributed by atoms with E-state index in [1.54, 1.807) is 0 Å². The number of ether oxygens (including phenoxy) is 2. The molecule has 1 saturated carbocycles. The van der Waals surface area contributed by atoms with Gasteiger partial charge < -0.3 is 9.47 Å². The highest BCUT2D eigenvalue weighted by Crippen LogP contribution is 2.41. The van der Waals surface area contributed by atoms with Crippen LogP contribution in [0.25, 0.3) is 0 Å². The Hall–Kier alpha value is -0.900. The van der Waals surface area contributed by atoms with Gasteiger partial charge in [0.25, 0.3) is 0 Å². The third-order valence-corrected chi connectivity index (χ3v) is 2.22. The first kappa shape index (κ1) is 7.73. The number of hydrogen-bond acceptors (Lipinski definition) is 4. The quantitative estimate of drug-likeness (QED) is 0.516. The van der Waals surface area contributed by atoms with E-state index in [1.165, 1.54) is 6.92 Å². The lowest BCUT2D eigenvalue weighted by Crippen LogP contribution is -2.37. The molecule has 1 aliphatic carbocycles. The van der Waals surface area contributed by atoms with Crippen molar-refractivity contribution in [2.75, 3.05) is 6.61 Å². The van der Waals surface area contributed by atoms with Crippen LogP contribution in [-0.2, 0) is 19.1 Å². The zero-order valence-corrected chi connectivity index (χ0v) is 6.78. The van der Waals surface area contributed by atoms with Gasteiger partial charge in [-0.05, 0) is 6.42 Å². The van der Waals surface area contributed by atoms with Gasteiger partial charge in [-0.1, -0.05) is 0 Å². The lowest BCUT2D eigenvalue weighted by molar-refractivity contribution is -0.160. The monoisotopic (exact) mass is 170 g/mol. The van der Waals surface area contributed by atoms with Crippen LogP contribution in [0.5, 0.6) is 0 Å². The summed E-state index contributed by atoms with van der Waals surface area (Å²) in [5.41, 5.74) is 0. The number of carbonyl (C=O) groups excluding carboxylic acids is 2. The van der Waals surface area contributed by atoms with E-state index in [1.807, 2.05) is 0 Å². The fourth-order valence-electron chi connectivity index (χ4n) is 1.54. The molecule has 3 atom stereocenters. The Kier molecular flexibility index (Phi) is 1.65. The van der Waals surface area contributed by atoms with E-state index >= 15 is 0 Å². The molecule has 1 heterocycles. The Labute approximate surface area is 69.8 Å². The van der Waals surface area contributed by atoms with Gasteiger partial charge in [0.2, 0.25) is 0 Å². The Morgan fingerprint density at radius 2 is 2.42 bits per heavy atom. The van der Waals surface area contributed by atoms with Crippen molar-refractivity contribution in [3.63, 3.8) is 0 Å². The molecule has 2 rings (SSSR count). The molecular weight excluding hydrogens is 160 g/mol. The fourth-order valence-corrected chi connectivity index (χ4v) is 1.54. The van der Waals surface area contributed by atoms with E-state index < -0.39 is 6.10 Å². The molecule has 3 unspecified atom stereocenters. The first-order valence-corrected chi connectivity index (χ1v) is 4.00. The lowest BCUT2D eigenvalue weighted by atomic mass is 10.1. The van der Waals surface area contributed by atoms with Gasteiger partial charge in [0.15, 0.2) is 11.9 Å². The third kappa shape index (κ3) is 1.22. The summed E-state index contributed by atoms with van der Waals surface area (Å²) in [6.45, 7) is 1.42. The van der Waals surface area contributed by atoms with E-state index in [2.05, 4.69) is 0 Å². The third-order valence-electron chi connectivity index (χ3n) is 2.22. The van der Waals surface area contributed by atoms with Crippen LogP contribution in [0, 0.1) is 5.92 Å². The Morgan fingerprint density at radius 1 is 1.67 bits per heavy atom. The molecule has 0 N–H and O–H groups in total. The zero-order valence-electron chi connectivity index (χ0n) is 6.78. The molecular formula is C8H10O4. The smallest absolute Gasteiger partial charge is 0.303 e. The number of ketones is 1. The number of Topliss-reactive ketones (excluding diaryl/α,β-unsaturated/α-hetero) is 1. The number of esters is 1. The molecule has 4 nitrogen and oxygen atoms in total. The van der Waals surface area contributed by atoms with E-state index in [-0.39, 0.29) is 30.4 Å². The second-order valence-electron chi connectivity index (χ2n) is 3.25. The Bertz CT molecular complexity index is 235. The van der Waals surface area contributed by atoms with Crippen LogP contribution < -0.4 is 0 Å². The molecule has 2 aliphatic rings. The molecule has 1 saturated heterocycles. The van der Waals surface area contributed by atoms with E-state index in [9.17, 15) is 9.59 Å². The SMILES string of the molecule is CC(=O)OC1C(=O)COC2CC21. The summed E-state index contributed by atoms with van der Waals surface area (Å²) in [5.74, 6) is -0.361. The van der Waals surface area contributed by atoms with Gasteiger partial charge in [0, 0.05) is 12.8 Å². The van der Waals surface area contributed by atoms with Gasteiger partial charge in [0.1, 0.15) is 6.61 Å². The average molecular weight is 170 g/mol. The van der Waals surface area contributed by atoms with Crippen LogP contribution in [-0.4, -0.2) is 30.6 Å². The van der Waals surface area contributed by atoms with Gasteiger partial charge in [-0.3, -0.25) is 9.59 Å². The summed E-state index contributed by atoms with van der Waals surface area (Å²) in [4.78, 5) is 21.8. The summed E-state index contributed by atoms with van der Waals surface area (Å²) in [6.07, 6.45) is 0.484. The van der Waals surface area contributed by atoms with E-state index in [0.29, 0.717) is 0 Å². The van der Waals surface area contributed by atoms with Crippen molar-refractivity contribution in [1.29, 1.82) is 0 Å². The van der Waals surface area contributed by atoms with Gasteiger partial charge in [-0.2, -0.15) is 0 Å². The van der Waals surface area contributed by atoms with E-state index in [4.69, 9.17) is 9.47 Å². The van der Waals surface area contributed by atoms with Crippen molar-refractivity contribution in [3.05, 3.63) is 0 Å². The maximum absolute atomic E-state index is 11.2. The standard InChI is InChI=1S/C8H10O4/c1-4(9)12-8-5-2-7(5)11-3-6(8)10/h5,7-8H,2-3H2,1H3. The number of fused-ring (bicyclic) bond motifs is 1. The van der Waals surface area contributed by atoms with Crippen molar-refractivity contribution in [2.24, 2.45) is 5.92 Å². The summed E-state index contributed by atoms with van der Waals surface area (Å²) in [6, 6.07) is 0. The van der Waals surface area contributed by atoms with Crippen LogP contribution in [0.4, 0.5) is 0 Å². The summed E-state index contributed by atoms with van der Waals surface area (Å²) in [5, 5.41) is 0. The zero-order chi connectivity index (χ0) is 8.72. The maximum atomic E-state index is 11.2. The molecule has 0 aromatic rings. The minimum Gasteiger partial charge on any atom is -0.454 e. The van der Waals surface area contributed by atoms with Crippen LogP contribution in [0.1, 0.15) is 13.3 Å². The predicted octanol–water partition coefficient (Wildman–Crippen LogP) is -0.0941. The summed E-state index contributed by atoms with van der Waals surface area (Å²) < 4.78 is 10.0. The molecule has 0 spiro atoms. The molecule has 66 valence electrons. The van der Waals surface area contributed by atoms with Gasteiger partial charge in [-0.15, -0.1) is 0 Å². The van der Waals surface area contributed by atoms with Crippen molar-refractivity contribution >= 4 is 11.8 Å². The molecule has 2 fully saturated rings.